The number of H-pyrrole nitrogens is 1. The molecule has 0 bridgehead atoms. The summed E-state index contributed by atoms with van der Waals surface area (Å²) >= 11 is 1.41. The third kappa shape index (κ3) is 6.37. The zero-order chi connectivity index (χ0) is 21.7. The minimum atomic E-state index is -0.229. The van der Waals surface area contributed by atoms with E-state index in [2.05, 4.69) is 20.2 Å². The number of carbonyl (C=O) groups is 2. The largest absolute Gasteiger partial charge is 0.494 e. The molecular formula is C21H31N5O3S. The fraction of sp³-hybridized carbons (Fsp3) is 0.571. The van der Waals surface area contributed by atoms with Crippen molar-refractivity contribution in [2.24, 2.45) is 0 Å². The molecule has 0 spiro atoms. The van der Waals surface area contributed by atoms with E-state index in [1.165, 1.54) is 11.8 Å². The van der Waals surface area contributed by atoms with Crippen LogP contribution in [0, 0.1) is 0 Å². The van der Waals surface area contributed by atoms with Gasteiger partial charge < -0.3 is 19.9 Å². The van der Waals surface area contributed by atoms with Crippen LogP contribution in [-0.4, -0.2) is 82.2 Å². The molecule has 0 aliphatic carbocycles. The molecule has 0 atom stereocenters. The average Bonchev–Trinajstić information content (AvgIpc) is 3.07. The van der Waals surface area contributed by atoms with Gasteiger partial charge in [-0.15, -0.1) is 0 Å². The summed E-state index contributed by atoms with van der Waals surface area (Å²) in [7, 11) is 0. The van der Waals surface area contributed by atoms with Crippen LogP contribution in [0.4, 0.5) is 0 Å². The van der Waals surface area contributed by atoms with Crippen LogP contribution in [0.25, 0.3) is 11.0 Å². The molecular weight excluding hydrogens is 402 g/mol. The number of piperazine rings is 1. The number of hydrogen-bond acceptors (Lipinski definition) is 6. The highest BCUT2D eigenvalue weighted by Crippen LogP contribution is 2.23. The van der Waals surface area contributed by atoms with Crippen molar-refractivity contribution in [3.63, 3.8) is 0 Å². The van der Waals surface area contributed by atoms with E-state index in [4.69, 9.17) is 4.74 Å². The highest BCUT2D eigenvalue weighted by Gasteiger charge is 2.24. The molecule has 0 unspecified atom stereocenters. The van der Waals surface area contributed by atoms with Gasteiger partial charge >= 0.3 is 0 Å². The minimum absolute atomic E-state index is 0.0233. The molecule has 2 N–H and O–H groups in total. The predicted octanol–water partition coefficient (Wildman–Crippen LogP) is 2.11. The molecule has 30 heavy (non-hydrogen) atoms. The normalized spacial score (nSPS) is 15.4. The summed E-state index contributed by atoms with van der Waals surface area (Å²) < 4.78 is 5.51. The Labute approximate surface area is 181 Å². The number of nitrogens with zero attached hydrogens (tertiary/aromatic N) is 3. The third-order valence-electron chi connectivity index (χ3n) is 4.68. The maximum Gasteiger partial charge on any atom is 0.234 e. The van der Waals surface area contributed by atoms with Gasteiger partial charge in [0.25, 0.3) is 0 Å². The Kier molecular flexibility index (Phi) is 7.25. The van der Waals surface area contributed by atoms with E-state index in [9.17, 15) is 9.59 Å². The molecule has 3 rings (SSSR count). The SMILES string of the molecule is CCOc1ccc2nc(SCC(=O)N3CCN(CC(=O)NC(C)(C)C)CC3)[nH]c2c1. The van der Waals surface area contributed by atoms with E-state index < -0.39 is 0 Å². The number of aromatic nitrogens is 2. The Bertz CT molecular complexity index is 884. The van der Waals surface area contributed by atoms with E-state index in [1.54, 1.807) is 0 Å². The fourth-order valence-electron chi connectivity index (χ4n) is 3.33. The first-order chi connectivity index (χ1) is 14.2. The van der Waals surface area contributed by atoms with Crippen LogP contribution >= 0.6 is 11.8 Å². The van der Waals surface area contributed by atoms with Crippen LogP contribution < -0.4 is 10.1 Å². The Morgan fingerprint density at radius 1 is 1.23 bits per heavy atom. The summed E-state index contributed by atoms with van der Waals surface area (Å²) in [5.74, 6) is 1.25. The number of hydrogen-bond donors (Lipinski definition) is 2. The Hall–Kier alpha value is -2.26. The Morgan fingerprint density at radius 3 is 2.63 bits per heavy atom. The molecule has 1 aromatic carbocycles. The first-order valence-corrected chi connectivity index (χ1v) is 11.3. The lowest BCUT2D eigenvalue weighted by molar-refractivity contribution is -0.130. The van der Waals surface area contributed by atoms with E-state index in [0.29, 0.717) is 45.1 Å². The number of ether oxygens (including phenoxy) is 1. The quantitative estimate of drug-likeness (QED) is 0.650. The number of carbonyl (C=O) groups excluding carboxylic acids is 2. The zero-order valence-electron chi connectivity index (χ0n) is 18.2. The molecule has 9 heteroatoms. The number of benzene rings is 1. The van der Waals surface area contributed by atoms with Crippen molar-refractivity contribution in [3.05, 3.63) is 18.2 Å². The van der Waals surface area contributed by atoms with Crippen molar-refractivity contribution in [2.45, 2.75) is 38.4 Å². The van der Waals surface area contributed by atoms with Crippen molar-refractivity contribution < 1.29 is 14.3 Å². The molecule has 0 radical (unpaired) electrons. The second kappa shape index (κ2) is 9.70. The van der Waals surface area contributed by atoms with Crippen LogP contribution in [0.3, 0.4) is 0 Å². The second-order valence-corrected chi connectivity index (χ2v) is 9.36. The maximum atomic E-state index is 12.6. The van der Waals surface area contributed by atoms with Crippen molar-refractivity contribution >= 4 is 34.6 Å². The van der Waals surface area contributed by atoms with Crippen molar-refractivity contribution in [1.29, 1.82) is 0 Å². The number of aromatic amines is 1. The number of fused-ring (bicyclic) bond motifs is 1. The highest BCUT2D eigenvalue weighted by molar-refractivity contribution is 7.99. The van der Waals surface area contributed by atoms with Crippen LogP contribution in [0.5, 0.6) is 5.75 Å². The number of rotatable bonds is 7. The lowest BCUT2D eigenvalue weighted by Gasteiger charge is -2.34. The molecule has 2 heterocycles. The van der Waals surface area contributed by atoms with Gasteiger partial charge in [-0.2, -0.15) is 0 Å². The van der Waals surface area contributed by atoms with Crippen LogP contribution in [0.2, 0.25) is 0 Å². The molecule has 1 aromatic heterocycles. The zero-order valence-corrected chi connectivity index (χ0v) is 19.0. The van der Waals surface area contributed by atoms with Gasteiger partial charge in [0, 0.05) is 37.8 Å². The van der Waals surface area contributed by atoms with Gasteiger partial charge in [0.15, 0.2) is 5.16 Å². The molecule has 1 aliphatic rings. The lowest BCUT2D eigenvalue weighted by atomic mass is 10.1. The van der Waals surface area contributed by atoms with Crippen molar-refractivity contribution in [2.75, 3.05) is 45.1 Å². The third-order valence-corrected chi connectivity index (χ3v) is 5.54. The van der Waals surface area contributed by atoms with Gasteiger partial charge in [-0.05, 0) is 39.8 Å². The van der Waals surface area contributed by atoms with Gasteiger partial charge in [0.05, 0.1) is 29.9 Å². The van der Waals surface area contributed by atoms with Gasteiger partial charge in [-0.3, -0.25) is 14.5 Å². The summed E-state index contributed by atoms with van der Waals surface area (Å²) in [6, 6.07) is 5.73. The fourth-order valence-corrected chi connectivity index (χ4v) is 4.12. The number of amides is 2. The molecule has 1 fully saturated rings. The standard InChI is InChI=1S/C21H31N5O3S/c1-5-29-15-6-7-16-17(12-15)23-20(22-16)30-14-19(28)26-10-8-25(9-11-26)13-18(27)24-21(2,3)4/h6-7,12H,5,8-11,13-14H2,1-4H3,(H,22,23)(H,24,27). The topological polar surface area (TPSA) is 90.6 Å². The number of thioether (sulfide) groups is 1. The molecule has 2 amide bonds. The first-order valence-electron chi connectivity index (χ1n) is 10.3. The Balaban J connectivity index is 1.45. The van der Waals surface area contributed by atoms with Crippen LogP contribution in [0.15, 0.2) is 23.4 Å². The summed E-state index contributed by atoms with van der Waals surface area (Å²) in [5, 5.41) is 3.70. The molecule has 1 saturated heterocycles. The van der Waals surface area contributed by atoms with Crippen LogP contribution in [0.1, 0.15) is 27.7 Å². The Morgan fingerprint density at radius 2 is 1.97 bits per heavy atom. The maximum absolute atomic E-state index is 12.6. The average molecular weight is 434 g/mol. The van der Waals surface area contributed by atoms with Crippen molar-refractivity contribution in [1.82, 2.24) is 25.1 Å². The first kappa shape index (κ1) is 22.4. The lowest BCUT2D eigenvalue weighted by Crippen LogP contribution is -2.53. The monoisotopic (exact) mass is 433 g/mol. The number of imidazole rings is 1. The second-order valence-electron chi connectivity index (χ2n) is 8.40. The molecule has 8 nitrogen and oxygen atoms in total. The van der Waals surface area contributed by atoms with E-state index >= 15 is 0 Å². The highest BCUT2D eigenvalue weighted by atomic mass is 32.2. The minimum Gasteiger partial charge on any atom is -0.494 e. The molecule has 0 saturated carbocycles. The van der Waals surface area contributed by atoms with Gasteiger partial charge in [-0.1, -0.05) is 11.8 Å². The van der Waals surface area contributed by atoms with Crippen molar-refractivity contribution in [3.8, 4) is 5.75 Å². The van der Waals surface area contributed by atoms with Crippen LogP contribution in [-0.2, 0) is 9.59 Å². The summed E-state index contributed by atoms with van der Waals surface area (Å²) in [4.78, 5) is 36.4. The van der Waals surface area contributed by atoms with E-state index in [0.717, 1.165) is 21.9 Å². The molecule has 2 aromatic rings. The smallest absolute Gasteiger partial charge is 0.234 e. The van der Waals surface area contributed by atoms with Gasteiger partial charge in [0.2, 0.25) is 11.8 Å². The number of nitrogens with one attached hydrogen (secondary N) is 2. The van der Waals surface area contributed by atoms with E-state index in [1.807, 2.05) is 50.8 Å². The molecule has 164 valence electrons. The summed E-state index contributed by atoms with van der Waals surface area (Å²) in [6.45, 7) is 11.5. The van der Waals surface area contributed by atoms with E-state index in [-0.39, 0.29) is 17.4 Å². The summed E-state index contributed by atoms with van der Waals surface area (Å²) in [6.07, 6.45) is 0. The van der Waals surface area contributed by atoms with Gasteiger partial charge in [0.1, 0.15) is 5.75 Å². The van der Waals surface area contributed by atoms with Gasteiger partial charge in [-0.25, -0.2) is 4.98 Å². The molecule has 1 aliphatic heterocycles. The predicted molar refractivity (Wildman–Crippen MR) is 119 cm³/mol. The summed E-state index contributed by atoms with van der Waals surface area (Å²) in [5.41, 5.74) is 1.53.